The topological polar surface area (TPSA) is 95.2 Å². The number of hydrogen-bond donors (Lipinski definition) is 2. The molecule has 6 rings (SSSR count). The molecule has 0 radical (unpaired) electrons. The van der Waals surface area contributed by atoms with Crippen molar-refractivity contribution in [3.63, 3.8) is 0 Å². The van der Waals surface area contributed by atoms with Crippen molar-refractivity contribution in [3.05, 3.63) is 64.4 Å². The fourth-order valence-corrected chi connectivity index (χ4v) is 4.30. The quantitative estimate of drug-likeness (QED) is 0.701. The summed E-state index contributed by atoms with van der Waals surface area (Å²) in [4.78, 5) is 38.8. The van der Waals surface area contributed by atoms with Gasteiger partial charge in [-0.25, -0.2) is 5.10 Å². The average Bonchev–Trinajstić information content (AvgIpc) is 3.05. The zero-order valence-electron chi connectivity index (χ0n) is 15.7. The van der Waals surface area contributed by atoms with Crippen LogP contribution in [0.1, 0.15) is 23.2 Å². The molecule has 2 atom stereocenters. The predicted molar refractivity (Wildman–Crippen MR) is 108 cm³/mol. The Morgan fingerprint density at radius 1 is 0.966 bits per heavy atom. The van der Waals surface area contributed by atoms with Crippen LogP contribution in [0.3, 0.4) is 0 Å². The molecule has 7 nitrogen and oxygen atoms in total. The molecule has 0 saturated carbocycles. The molecule has 2 bridgehead atoms. The summed E-state index contributed by atoms with van der Waals surface area (Å²) in [7, 11) is 0. The predicted octanol–water partition coefficient (Wildman–Crippen LogP) is 1.94. The summed E-state index contributed by atoms with van der Waals surface area (Å²) in [6.45, 7) is 1.02. The Balaban J connectivity index is 1.44. The summed E-state index contributed by atoms with van der Waals surface area (Å²) >= 11 is 0. The molecule has 3 saturated heterocycles. The van der Waals surface area contributed by atoms with Crippen LogP contribution in [0.4, 0.5) is 0 Å². The number of piperidine rings is 1. The highest BCUT2D eigenvalue weighted by atomic mass is 16.2. The third-order valence-electron chi connectivity index (χ3n) is 5.85. The van der Waals surface area contributed by atoms with Gasteiger partial charge in [-0.3, -0.25) is 14.4 Å². The van der Waals surface area contributed by atoms with Crippen molar-refractivity contribution in [1.82, 2.24) is 20.4 Å². The van der Waals surface area contributed by atoms with E-state index in [0.717, 1.165) is 23.8 Å². The second-order valence-corrected chi connectivity index (χ2v) is 7.71. The first-order chi connectivity index (χ1) is 14.1. The highest BCUT2D eigenvalue weighted by Crippen LogP contribution is 2.26. The van der Waals surface area contributed by atoms with Crippen molar-refractivity contribution < 1.29 is 9.59 Å². The van der Waals surface area contributed by atoms with E-state index in [2.05, 4.69) is 15.5 Å². The molecular weight excluding hydrogens is 368 g/mol. The molecule has 29 heavy (non-hydrogen) atoms. The fourth-order valence-electron chi connectivity index (χ4n) is 4.30. The molecule has 2 amide bonds. The van der Waals surface area contributed by atoms with Gasteiger partial charge in [0.1, 0.15) is 0 Å². The van der Waals surface area contributed by atoms with Crippen LogP contribution in [0.15, 0.2) is 53.3 Å². The number of carbonyl (C=O) groups excluding carboxylic acids is 2. The minimum atomic E-state index is -0.227. The maximum Gasteiger partial charge on any atom is 0.272 e. The highest BCUT2D eigenvalue weighted by Gasteiger charge is 2.36. The standard InChI is InChI=1S/C22H20N4O3/c27-20-15-9-10-16(23-20)12-26(11-15)22(29)14-7-5-13(6-8-14)19-17-3-1-2-4-18(17)21(28)25-24-19/h1-8,15-16H,9-12H2,(H,23,27)(H,25,28)/t15-,16+/m1/s1. The molecule has 2 N–H and O–H groups in total. The SMILES string of the molecule is O=C1N[C@H]2CC[C@@H]1CN(C(=O)c1ccc(-c3n[nH]c(=O)c4ccccc34)cc1)C2. The molecule has 4 heterocycles. The van der Waals surface area contributed by atoms with Crippen LogP contribution in [0.5, 0.6) is 0 Å². The van der Waals surface area contributed by atoms with Gasteiger partial charge in [-0.1, -0.05) is 30.3 Å². The van der Waals surface area contributed by atoms with E-state index in [9.17, 15) is 14.4 Å². The van der Waals surface area contributed by atoms with Crippen LogP contribution in [0, 0.1) is 5.92 Å². The Labute approximate surface area is 166 Å². The largest absolute Gasteiger partial charge is 0.351 e. The number of H-pyrrole nitrogens is 1. The van der Waals surface area contributed by atoms with Crippen LogP contribution in [0.2, 0.25) is 0 Å². The van der Waals surface area contributed by atoms with Crippen molar-refractivity contribution in [2.45, 2.75) is 18.9 Å². The molecule has 0 unspecified atom stereocenters. The van der Waals surface area contributed by atoms with E-state index >= 15 is 0 Å². The molecule has 146 valence electrons. The number of aromatic nitrogens is 2. The van der Waals surface area contributed by atoms with Crippen LogP contribution in [0.25, 0.3) is 22.0 Å². The van der Waals surface area contributed by atoms with Crippen LogP contribution < -0.4 is 10.9 Å². The van der Waals surface area contributed by atoms with Crippen molar-refractivity contribution in [2.75, 3.05) is 13.1 Å². The molecule has 3 fully saturated rings. The molecule has 3 aliphatic heterocycles. The number of carbonyl (C=O) groups is 2. The lowest BCUT2D eigenvalue weighted by atomic mass is 9.96. The third-order valence-corrected chi connectivity index (χ3v) is 5.85. The first-order valence-corrected chi connectivity index (χ1v) is 9.77. The summed E-state index contributed by atoms with van der Waals surface area (Å²) in [5.41, 5.74) is 1.84. The van der Waals surface area contributed by atoms with E-state index in [4.69, 9.17) is 0 Å². The number of rotatable bonds is 2. The minimum Gasteiger partial charge on any atom is -0.351 e. The summed E-state index contributed by atoms with van der Waals surface area (Å²) in [6, 6.07) is 14.6. The summed E-state index contributed by atoms with van der Waals surface area (Å²) < 4.78 is 0. The molecule has 3 aromatic rings. The first kappa shape index (κ1) is 17.6. The lowest BCUT2D eigenvalue weighted by molar-refractivity contribution is -0.126. The van der Waals surface area contributed by atoms with Crippen molar-refractivity contribution >= 4 is 22.6 Å². The number of nitrogens with zero attached hydrogens (tertiary/aromatic N) is 2. The highest BCUT2D eigenvalue weighted by molar-refractivity contribution is 5.97. The normalized spacial score (nSPS) is 21.1. The zero-order chi connectivity index (χ0) is 20.0. The van der Waals surface area contributed by atoms with Gasteiger partial charge in [0, 0.05) is 35.6 Å². The van der Waals surface area contributed by atoms with E-state index in [1.165, 1.54) is 0 Å². The third kappa shape index (κ3) is 3.08. The van der Waals surface area contributed by atoms with E-state index in [-0.39, 0.29) is 29.3 Å². The second-order valence-electron chi connectivity index (χ2n) is 7.71. The zero-order valence-corrected chi connectivity index (χ0v) is 15.7. The Morgan fingerprint density at radius 2 is 1.72 bits per heavy atom. The number of amides is 2. The number of nitrogens with one attached hydrogen (secondary N) is 2. The van der Waals surface area contributed by atoms with Gasteiger partial charge in [-0.2, -0.15) is 5.10 Å². The lowest BCUT2D eigenvalue weighted by Crippen LogP contribution is -2.43. The van der Waals surface area contributed by atoms with E-state index in [1.807, 2.05) is 30.3 Å². The van der Waals surface area contributed by atoms with Gasteiger partial charge in [-0.15, -0.1) is 0 Å². The molecule has 3 aliphatic rings. The van der Waals surface area contributed by atoms with Gasteiger partial charge < -0.3 is 10.2 Å². The van der Waals surface area contributed by atoms with Gasteiger partial charge >= 0.3 is 0 Å². The van der Waals surface area contributed by atoms with E-state index < -0.39 is 0 Å². The summed E-state index contributed by atoms with van der Waals surface area (Å²) in [5.74, 6) is -0.124. The van der Waals surface area contributed by atoms with Gasteiger partial charge in [0.25, 0.3) is 11.5 Å². The van der Waals surface area contributed by atoms with Crippen LogP contribution >= 0.6 is 0 Å². The van der Waals surface area contributed by atoms with E-state index in [1.54, 1.807) is 23.1 Å². The molecular formula is C22H20N4O3. The van der Waals surface area contributed by atoms with Crippen molar-refractivity contribution in [2.24, 2.45) is 5.92 Å². The molecule has 0 aliphatic carbocycles. The van der Waals surface area contributed by atoms with E-state index in [0.29, 0.717) is 29.7 Å². The number of benzene rings is 2. The lowest BCUT2D eigenvalue weighted by Gasteiger charge is -2.23. The van der Waals surface area contributed by atoms with Gasteiger partial charge in [0.15, 0.2) is 0 Å². The Bertz CT molecular complexity index is 1170. The first-order valence-electron chi connectivity index (χ1n) is 9.77. The molecule has 1 aromatic heterocycles. The van der Waals surface area contributed by atoms with Crippen molar-refractivity contribution in [1.29, 1.82) is 0 Å². The number of aromatic amines is 1. The number of fused-ring (bicyclic) bond motifs is 5. The van der Waals surface area contributed by atoms with Crippen LogP contribution in [-0.4, -0.2) is 46.0 Å². The smallest absolute Gasteiger partial charge is 0.272 e. The van der Waals surface area contributed by atoms with Crippen molar-refractivity contribution in [3.8, 4) is 11.3 Å². The maximum atomic E-state index is 13.0. The maximum absolute atomic E-state index is 13.0. The molecule has 7 heteroatoms. The van der Waals surface area contributed by atoms with Gasteiger partial charge in [0.2, 0.25) is 5.91 Å². The summed E-state index contributed by atoms with van der Waals surface area (Å²) in [5, 5.41) is 11.1. The molecule has 0 spiro atoms. The number of hydrogen-bond acceptors (Lipinski definition) is 4. The Morgan fingerprint density at radius 3 is 2.48 bits per heavy atom. The minimum absolute atomic E-state index is 0.0428. The Hall–Kier alpha value is -3.48. The molecule has 2 aromatic carbocycles. The summed E-state index contributed by atoms with van der Waals surface area (Å²) in [6.07, 6.45) is 1.76. The van der Waals surface area contributed by atoms with Crippen LogP contribution in [-0.2, 0) is 4.79 Å². The van der Waals surface area contributed by atoms with Gasteiger partial charge in [-0.05, 0) is 31.0 Å². The monoisotopic (exact) mass is 388 g/mol. The Kier molecular flexibility index (Phi) is 4.16. The second kappa shape index (κ2) is 6.84. The fraction of sp³-hybridized carbons (Fsp3) is 0.273. The van der Waals surface area contributed by atoms with Gasteiger partial charge in [0.05, 0.1) is 17.0 Å². The average molecular weight is 388 g/mol.